The van der Waals surface area contributed by atoms with E-state index in [1.54, 1.807) is 0 Å². The fourth-order valence-corrected chi connectivity index (χ4v) is 3.07. The van der Waals surface area contributed by atoms with E-state index in [1.165, 1.54) is 0 Å². The highest BCUT2D eigenvalue weighted by Crippen LogP contribution is 2.26. The van der Waals surface area contributed by atoms with Crippen LogP contribution in [0.1, 0.15) is 39.5 Å². The molecule has 1 amide bonds. The molecule has 1 aromatic carbocycles. The number of amides is 1. The van der Waals surface area contributed by atoms with Crippen molar-refractivity contribution in [2.45, 2.75) is 45.6 Å². The second-order valence-electron chi connectivity index (χ2n) is 4.61. The van der Waals surface area contributed by atoms with Gasteiger partial charge < -0.3 is 4.90 Å². The summed E-state index contributed by atoms with van der Waals surface area (Å²) >= 11 is 5.64. The minimum Gasteiger partial charge on any atom is -0.309 e. The van der Waals surface area contributed by atoms with Gasteiger partial charge in [-0.15, -0.1) is 0 Å². The van der Waals surface area contributed by atoms with Crippen LogP contribution in [-0.4, -0.2) is 16.4 Å². The molecule has 0 atom stereocenters. The molecule has 0 aliphatic heterocycles. The third-order valence-corrected chi connectivity index (χ3v) is 4.22. The standard InChI is InChI=1S/C15H21BrINO/c1-3-6-13(7-4-2)18(15(19)11-17)14-9-5-8-12(16)10-14/h5,8-10,13H,3-4,6-7,11H2,1-2H3. The van der Waals surface area contributed by atoms with Crippen LogP contribution >= 0.6 is 38.5 Å². The van der Waals surface area contributed by atoms with Crippen LogP contribution in [0.5, 0.6) is 0 Å². The van der Waals surface area contributed by atoms with Gasteiger partial charge in [0.25, 0.3) is 0 Å². The first-order chi connectivity index (χ1) is 9.13. The second-order valence-corrected chi connectivity index (χ2v) is 6.29. The van der Waals surface area contributed by atoms with E-state index in [9.17, 15) is 4.79 Å². The Kier molecular flexibility index (Phi) is 7.99. The zero-order chi connectivity index (χ0) is 14.3. The molecule has 0 unspecified atom stereocenters. The molecule has 0 aliphatic carbocycles. The summed E-state index contributed by atoms with van der Waals surface area (Å²) in [7, 11) is 0. The van der Waals surface area contributed by atoms with Gasteiger partial charge in [-0.3, -0.25) is 4.79 Å². The van der Waals surface area contributed by atoms with Crippen molar-refractivity contribution in [1.82, 2.24) is 0 Å². The summed E-state index contributed by atoms with van der Waals surface area (Å²) in [5, 5.41) is 0. The Morgan fingerprint density at radius 2 is 1.95 bits per heavy atom. The van der Waals surface area contributed by atoms with E-state index in [1.807, 2.05) is 29.2 Å². The Hall–Kier alpha value is -0.100. The molecule has 0 radical (unpaired) electrons. The first-order valence-electron chi connectivity index (χ1n) is 6.77. The molecule has 2 nitrogen and oxygen atoms in total. The predicted octanol–water partition coefficient (Wildman–Crippen LogP) is 5.19. The highest BCUT2D eigenvalue weighted by Gasteiger charge is 2.23. The van der Waals surface area contributed by atoms with Crippen molar-refractivity contribution in [2.24, 2.45) is 0 Å². The van der Waals surface area contributed by atoms with Crippen molar-refractivity contribution in [1.29, 1.82) is 0 Å². The Bertz CT molecular complexity index is 405. The van der Waals surface area contributed by atoms with Crippen LogP contribution in [0.3, 0.4) is 0 Å². The number of hydrogen-bond acceptors (Lipinski definition) is 1. The molecule has 106 valence electrons. The van der Waals surface area contributed by atoms with Gasteiger partial charge in [-0.1, -0.05) is 71.3 Å². The van der Waals surface area contributed by atoms with Crippen LogP contribution in [0.4, 0.5) is 5.69 Å². The van der Waals surface area contributed by atoms with Gasteiger partial charge in [0, 0.05) is 16.2 Å². The molecule has 0 bridgehead atoms. The van der Waals surface area contributed by atoms with Gasteiger partial charge in [-0.25, -0.2) is 0 Å². The summed E-state index contributed by atoms with van der Waals surface area (Å²) in [4.78, 5) is 14.3. The zero-order valence-electron chi connectivity index (χ0n) is 11.5. The molecule has 0 fully saturated rings. The van der Waals surface area contributed by atoms with Gasteiger partial charge in [0.05, 0.1) is 4.43 Å². The number of benzene rings is 1. The molecule has 4 heteroatoms. The third kappa shape index (κ3) is 5.06. The number of carbonyl (C=O) groups excluding carboxylic acids is 1. The lowest BCUT2D eigenvalue weighted by Gasteiger charge is -2.31. The van der Waals surface area contributed by atoms with Crippen molar-refractivity contribution in [3.05, 3.63) is 28.7 Å². The SMILES string of the molecule is CCCC(CCC)N(C(=O)CI)c1cccc(Br)c1. The molecule has 1 rings (SSSR count). The summed E-state index contributed by atoms with van der Waals surface area (Å²) in [5.74, 6) is 0.200. The molecule has 19 heavy (non-hydrogen) atoms. The minimum atomic E-state index is 0.200. The lowest BCUT2D eigenvalue weighted by atomic mass is 10.0. The summed E-state index contributed by atoms with van der Waals surface area (Å²) in [5.41, 5.74) is 1.00. The van der Waals surface area contributed by atoms with E-state index in [2.05, 4.69) is 52.4 Å². The summed E-state index contributed by atoms with van der Waals surface area (Å²) in [6.45, 7) is 4.35. The maximum absolute atomic E-state index is 12.3. The van der Waals surface area contributed by atoms with Gasteiger partial charge in [0.15, 0.2) is 0 Å². The average molecular weight is 438 g/mol. The van der Waals surface area contributed by atoms with Gasteiger partial charge in [0.1, 0.15) is 0 Å². The third-order valence-electron chi connectivity index (χ3n) is 3.08. The van der Waals surface area contributed by atoms with Gasteiger partial charge in [0.2, 0.25) is 5.91 Å². The lowest BCUT2D eigenvalue weighted by molar-refractivity contribution is -0.116. The van der Waals surface area contributed by atoms with Gasteiger partial charge >= 0.3 is 0 Å². The van der Waals surface area contributed by atoms with Crippen LogP contribution in [0.25, 0.3) is 0 Å². The van der Waals surface area contributed by atoms with E-state index in [0.717, 1.165) is 35.8 Å². The molecule has 0 heterocycles. The van der Waals surface area contributed by atoms with Crippen molar-refractivity contribution in [3.63, 3.8) is 0 Å². The first-order valence-corrected chi connectivity index (χ1v) is 9.09. The summed E-state index contributed by atoms with van der Waals surface area (Å²) in [6, 6.07) is 8.34. The number of alkyl halides is 1. The molecule has 0 saturated heterocycles. The molecule has 0 aromatic heterocycles. The van der Waals surface area contributed by atoms with E-state index < -0.39 is 0 Å². The quantitative estimate of drug-likeness (QED) is 0.424. The van der Waals surface area contributed by atoms with E-state index in [-0.39, 0.29) is 5.91 Å². The smallest absolute Gasteiger partial charge is 0.237 e. The molecule has 0 aliphatic rings. The van der Waals surface area contributed by atoms with Crippen LogP contribution in [0, 0.1) is 0 Å². The number of hydrogen-bond donors (Lipinski definition) is 0. The van der Waals surface area contributed by atoms with Crippen LogP contribution in [-0.2, 0) is 4.79 Å². The second kappa shape index (κ2) is 8.95. The number of carbonyl (C=O) groups is 1. The fourth-order valence-electron chi connectivity index (χ4n) is 2.32. The van der Waals surface area contributed by atoms with E-state index in [0.29, 0.717) is 10.5 Å². The number of nitrogens with zero attached hydrogens (tertiary/aromatic N) is 1. The lowest BCUT2D eigenvalue weighted by Crippen LogP contribution is -2.41. The number of anilines is 1. The van der Waals surface area contributed by atoms with Gasteiger partial charge in [-0.05, 0) is 31.0 Å². The Labute approximate surface area is 138 Å². The van der Waals surface area contributed by atoms with Crippen LogP contribution in [0.2, 0.25) is 0 Å². The Balaban J connectivity index is 3.08. The Morgan fingerprint density at radius 3 is 2.42 bits per heavy atom. The molecular weight excluding hydrogens is 417 g/mol. The average Bonchev–Trinajstić information content (AvgIpc) is 2.39. The monoisotopic (exact) mass is 437 g/mol. The van der Waals surface area contributed by atoms with E-state index >= 15 is 0 Å². The minimum absolute atomic E-state index is 0.200. The molecule has 1 aromatic rings. The normalized spacial score (nSPS) is 10.8. The summed E-state index contributed by atoms with van der Waals surface area (Å²) < 4.78 is 1.54. The highest BCUT2D eigenvalue weighted by molar-refractivity contribution is 14.1. The van der Waals surface area contributed by atoms with Crippen molar-refractivity contribution in [2.75, 3.05) is 9.33 Å². The van der Waals surface area contributed by atoms with Crippen molar-refractivity contribution < 1.29 is 4.79 Å². The van der Waals surface area contributed by atoms with Crippen molar-refractivity contribution >= 4 is 50.1 Å². The molecule has 0 saturated carbocycles. The fraction of sp³-hybridized carbons (Fsp3) is 0.533. The maximum atomic E-state index is 12.3. The van der Waals surface area contributed by atoms with Crippen LogP contribution < -0.4 is 4.90 Å². The first kappa shape index (κ1) is 17.0. The molecular formula is C15H21BrINO. The maximum Gasteiger partial charge on any atom is 0.237 e. The summed E-state index contributed by atoms with van der Waals surface area (Å²) in [6.07, 6.45) is 4.32. The topological polar surface area (TPSA) is 20.3 Å². The Morgan fingerprint density at radius 1 is 1.32 bits per heavy atom. The number of rotatable bonds is 7. The number of halogens is 2. The predicted molar refractivity (Wildman–Crippen MR) is 94.1 cm³/mol. The molecule has 0 spiro atoms. The van der Waals surface area contributed by atoms with Crippen molar-refractivity contribution in [3.8, 4) is 0 Å². The van der Waals surface area contributed by atoms with E-state index in [4.69, 9.17) is 0 Å². The van der Waals surface area contributed by atoms with Gasteiger partial charge in [-0.2, -0.15) is 0 Å². The zero-order valence-corrected chi connectivity index (χ0v) is 15.3. The van der Waals surface area contributed by atoms with Crippen LogP contribution in [0.15, 0.2) is 28.7 Å². The largest absolute Gasteiger partial charge is 0.309 e. The highest BCUT2D eigenvalue weighted by atomic mass is 127. The molecule has 0 N–H and O–H groups in total.